The van der Waals surface area contributed by atoms with Crippen LogP contribution < -0.4 is 10.1 Å². The molecule has 0 aliphatic heterocycles. The summed E-state index contributed by atoms with van der Waals surface area (Å²) in [6, 6.07) is 27.6. The van der Waals surface area contributed by atoms with Gasteiger partial charge in [0.15, 0.2) is 0 Å². The minimum Gasteiger partial charge on any atom is -0.488 e. The van der Waals surface area contributed by atoms with Crippen LogP contribution in [0.1, 0.15) is 59.1 Å². The molecular formula is C37H34BrClN2O2S. The van der Waals surface area contributed by atoms with Gasteiger partial charge >= 0.3 is 0 Å². The lowest BCUT2D eigenvalue weighted by Crippen LogP contribution is -2.27. The fourth-order valence-electron chi connectivity index (χ4n) is 5.76. The number of carbonyl (C=O) groups excluding carboxylic acids is 1. The van der Waals surface area contributed by atoms with Crippen molar-refractivity contribution in [2.24, 2.45) is 16.3 Å². The van der Waals surface area contributed by atoms with E-state index in [0.29, 0.717) is 28.8 Å². The number of aliphatic imine (C=N–C) groups is 1. The van der Waals surface area contributed by atoms with Crippen LogP contribution in [0.2, 0.25) is 5.02 Å². The van der Waals surface area contributed by atoms with Crippen molar-refractivity contribution >= 4 is 72.5 Å². The smallest absolute Gasteiger partial charge is 0.259 e. The first-order valence-electron chi connectivity index (χ1n) is 14.8. The predicted molar refractivity (Wildman–Crippen MR) is 188 cm³/mol. The maximum atomic E-state index is 13.9. The highest BCUT2D eigenvalue weighted by Gasteiger charge is 2.33. The summed E-state index contributed by atoms with van der Waals surface area (Å²) in [4.78, 5) is 20.2. The van der Waals surface area contributed by atoms with E-state index >= 15 is 0 Å². The Balaban J connectivity index is 1.39. The van der Waals surface area contributed by atoms with Crippen molar-refractivity contribution in [3.8, 4) is 5.75 Å². The number of fused-ring (bicyclic) bond motifs is 2. The lowest BCUT2D eigenvalue weighted by Gasteiger charge is -2.33. The minimum atomic E-state index is -0.143. The number of anilines is 1. The molecule has 1 amide bonds. The highest BCUT2D eigenvalue weighted by atomic mass is 79.9. The summed E-state index contributed by atoms with van der Waals surface area (Å²) in [5.74, 6) is 1.15. The zero-order valence-electron chi connectivity index (χ0n) is 25.0. The number of ether oxygens (including phenoxy) is 1. The zero-order chi connectivity index (χ0) is 30.8. The molecule has 224 valence electrons. The van der Waals surface area contributed by atoms with Gasteiger partial charge in [-0.2, -0.15) is 0 Å². The van der Waals surface area contributed by atoms with Gasteiger partial charge < -0.3 is 10.1 Å². The summed E-state index contributed by atoms with van der Waals surface area (Å²) >= 11 is 11.2. The molecular weight excluding hydrogens is 652 g/mol. The number of nitrogens with one attached hydrogen (secondary N) is 1. The van der Waals surface area contributed by atoms with Crippen molar-refractivity contribution in [2.75, 3.05) is 5.32 Å². The molecule has 1 N–H and O–H groups in total. The number of rotatable bonds is 7. The van der Waals surface area contributed by atoms with Crippen molar-refractivity contribution in [3.05, 3.63) is 122 Å². The van der Waals surface area contributed by atoms with E-state index in [1.54, 1.807) is 23.5 Å². The van der Waals surface area contributed by atoms with Gasteiger partial charge in [-0.3, -0.25) is 4.79 Å². The van der Waals surface area contributed by atoms with Crippen LogP contribution in [0.3, 0.4) is 0 Å². The van der Waals surface area contributed by atoms with E-state index < -0.39 is 0 Å². The normalized spacial score (nSPS) is 15.0. The molecule has 1 aromatic heterocycles. The highest BCUT2D eigenvalue weighted by Crippen LogP contribution is 2.45. The van der Waals surface area contributed by atoms with E-state index in [0.717, 1.165) is 61.9 Å². The van der Waals surface area contributed by atoms with E-state index in [9.17, 15) is 4.79 Å². The second-order valence-corrected chi connectivity index (χ2v) is 14.8. The van der Waals surface area contributed by atoms with E-state index in [1.165, 1.54) is 4.88 Å². The Kier molecular flexibility index (Phi) is 8.95. The van der Waals surface area contributed by atoms with Crippen LogP contribution in [0, 0.1) is 11.3 Å². The van der Waals surface area contributed by atoms with Gasteiger partial charge in [-0.25, -0.2) is 4.99 Å². The third kappa shape index (κ3) is 6.78. The second kappa shape index (κ2) is 12.9. The SMILES string of the molecule is CC(C)(C)[C@H]1CCc2c(sc(N=Cc3c(OCc4ccc(Br)cc4)ccc4ccccc34)c2C(=O)Nc2ccc(Cl)cc2)C1. The van der Waals surface area contributed by atoms with Gasteiger partial charge in [0.2, 0.25) is 0 Å². The third-order valence-corrected chi connectivity index (χ3v) is 10.3. The first-order chi connectivity index (χ1) is 21.2. The van der Waals surface area contributed by atoms with Crippen LogP contribution in [0.4, 0.5) is 10.7 Å². The number of nitrogens with zero attached hydrogens (tertiary/aromatic N) is 1. The molecule has 7 heteroatoms. The van der Waals surface area contributed by atoms with E-state index in [-0.39, 0.29) is 11.3 Å². The molecule has 0 unspecified atom stereocenters. The fraction of sp³-hybridized carbons (Fsp3) is 0.243. The van der Waals surface area contributed by atoms with Gasteiger partial charge in [0.1, 0.15) is 17.4 Å². The van der Waals surface area contributed by atoms with Crippen LogP contribution in [0.5, 0.6) is 5.75 Å². The molecule has 5 aromatic rings. The average Bonchev–Trinajstić information content (AvgIpc) is 3.38. The molecule has 0 saturated heterocycles. The Labute approximate surface area is 276 Å². The molecule has 4 nitrogen and oxygen atoms in total. The molecule has 6 rings (SSSR count). The van der Waals surface area contributed by atoms with Gasteiger partial charge in [0.25, 0.3) is 5.91 Å². The Morgan fingerprint density at radius 2 is 1.80 bits per heavy atom. The van der Waals surface area contributed by atoms with Crippen molar-refractivity contribution in [2.45, 2.75) is 46.6 Å². The summed E-state index contributed by atoms with van der Waals surface area (Å²) < 4.78 is 7.40. The average molecular weight is 686 g/mol. The number of benzene rings is 4. The molecule has 0 radical (unpaired) electrons. The van der Waals surface area contributed by atoms with Gasteiger partial charge in [0, 0.05) is 31.8 Å². The second-order valence-electron chi connectivity index (χ2n) is 12.3. The van der Waals surface area contributed by atoms with Crippen molar-refractivity contribution < 1.29 is 9.53 Å². The number of halogens is 2. The van der Waals surface area contributed by atoms with Gasteiger partial charge in [0.05, 0.1) is 5.56 Å². The fourth-order valence-corrected chi connectivity index (χ4v) is 7.42. The number of hydrogen-bond donors (Lipinski definition) is 1. The Hall–Kier alpha value is -3.45. The number of thiophene rings is 1. The molecule has 1 aliphatic rings. The monoisotopic (exact) mass is 684 g/mol. The van der Waals surface area contributed by atoms with Crippen LogP contribution in [0.15, 0.2) is 94.4 Å². The van der Waals surface area contributed by atoms with Crippen molar-refractivity contribution in [1.82, 2.24) is 0 Å². The van der Waals surface area contributed by atoms with Crippen molar-refractivity contribution in [1.29, 1.82) is 0 Å². The van der Waals surface area contributed by atoms with E-state index in [2.05, 4.69) is 60.2 Å². The molecule has 44 heavy (non-hydrogen) atoms. The predicted octanol–water partition coefficient (Wildman–Crippen LogP) is 11.1. The summed E-state index contributed by atoms with van der Waals surface area (Å²) in [7, 11) is 0. The van der Waals surface area contributed by atoms with Gasteiger partial charge in [-0.05, 0) is 95.0 Å². The third-order valence-electron chi connectivity index (χ3n) is 8.35. The van der Waals surface area contributed by atoms with Gasteiger partial charge in [-0.1, -0.05) is 90.8 Å². The van der Waals surface area contributed by atoms with Crippen LogP contribution in [-0.4, -0.2) is 12.1 Å². The van der Waals surface area contributed by atoms with Crippen LogP contribution >= 0.6 is 38.9 Å². The first-order valence-corrected chi connectivity index (χ1v) is 16.8. The maximum absolute atomic E-state index is 13.9. The molecule has 1 aliphatic carbocycles. The standard InChI is InChI=1S/C37H34BrClN2O2S/c1-37(2,3)25-11-18-30-33(20-25)44-36(34(30)35(42)41-28-16-14-27(39)15-17-28)40-21-31-29-7-5-4-6-24(29)10-19-32(31)43-22-23-8-12-26(38)13-9-23/h4-10,12-17,19,21,25H,11,18,20,22H2,1-3H3,(H,41,42)/t25-/m0/s1. The number of amides is 1. The molecule has 0 saturated carbocycles. The lowest BCUT2D eigenvalue weighted by molar-refractivity contribution is 0.102. The van der Waals surface area contributed by atoms with Crippen LogP contribution in [0.25, 0.3) is 10.8 Å². The van der Waals surface area contributed by atoms with E-state index in [1.807, 2.05) is 60.8 Å². The quantitative estimate of drug-likeness (QED) is 0.173. The molecule has 0 bridgehead atoms. The Bertz CT molecular complexity index is 1840. The van der Waals surface area contributed by atoms with E-state index in [4.69, 9.17) is 21.3 Å². The van der Waals surface area contributed by atoms with Crippen LogP contribution in [-0.2, 0) is 19.4 Å². The maximum Gasteiger partial charge on any atom is 0.259 e. The molecule has 0 spiro atoms. The number of hydrogen-bond acceptors (Lipinski definition) is 4. The largest absolute Gasteiger partial charge is 0.488 e. The zero-order valence-corrected chi connectivity index (χ0v) is 28.2. The Morgan fingerprint density at radius 3 is 2.55 bits per heavy atom. The summed E-state index contributed by atoms with van der Waals surface area (Å²) in [6.45, 7) is 7.35. The molecule has 4 aromatic carbocycles. The molecule has 1 heterocycles. The Morgan fingerprint density at radius 1 is 1.05 bits per heavy atom. The first kappa shape index (κ1) is 30.6. The van der Waals surface area contributed by atoms with Crippen molar-refractivity contribution in [3.63, 3.8) is 0 Å². The summed E-state index contributed by atoms with van der Waals surface area (Å²) in [5, 5.41) is 6.59. The minimum absolute atomic E-state index is 0.143. The highest BCUT2D eigenvalue weighted by molar-refractivity contribution is 9.10. The topological polar surface area (TPSA) is 50.7 Å². The van der Waals surface area contributed by atoms with Gasteiger partial charge in [-0.15, -0.1) is 11.3 Å². The molecule has 0 fully saturated rings. The summed E-state index contributed by atoms with van der Waals surface area (Å²) in [5.41, 5.74) is 4.66. The molecule has 1 atom stereocenters. The lowest BCUT2D eigenvalue weighted by atomic mass is 9.72. The number of carbonyl (C=O) groups is 1. The summed E-state index contributed by atoms with van der Waals surface area (Å²) in [6.07, 6.45) is 4.74.